The van der Waals surface area contributed by atoms with Gasteiger partial charge in [-0.05, 0) is 29.8 Å². The molecule has 0 atom stereocenters. The van der Waals surface area contributed by atoms with Gasteiger partial charge in [-0.25, -0.2) is 0 Å². The monoisotopic (exact) mass is 339 g/mol. The summed E-state index contributed by atoms with van der Waals surface area (Å²) >= 11 is 0. The predicted octanol–water partition coefficient (Wildman–Crippen LogP) is 2.42. The molecule has 0 heterocycles. The summed E-state index contributed by atoms with van der Waals surface area (Å²) in [4.78, 5) is 12.0. The van der Waals surface area contributed by atoms with Crippen molar-refractivity contribution < 1.29 is 19.0 Å². The Balaban J connectivity index is 1.90. The van der Waals surface area contributed by atoms with E-state index in [2.05, 4.69) is 17.2 Å². The fourth-order valence-corrected chi connectivity index (χ4v) is 2.27. The Morgan fingerprint density at radius 1 is 0.960 bits per heavy atom. The smallest absolute Gasteiger partial charge is 0.225 e. The van der Waals surface area contributed by atoms with Gasteiger partial charge in [0.15, 0.2) is 11.5 Å². The second-order valence-electron chi connectivity index (χ2n) is 5.14. The van der Waals surface area contributed by atoms with Crippen LogP contribution < -0.4 is 19.5 Å². The van der Waals surface area contributed by atoms with Crippen molar-refractivity contribution >= 4 is 5.91 Å². The standard InChI is InChI=1S/C20H21NO4/c1-23-17-9-5-4-7-16(17)8-6-12-21-20(22)14-15-10-11-18(24-2)19(13-15)25-3/h4-5,7,9-11,13H,12,14H2,1-3H3,(H,21,22). The van der Waals surface area contributed by atoms with Gasteiger partial charge in [0.1, 0.15) is 5.75 Å². The van der Waals surface area contributed by atoms with Crippen LogP contribution in [0.4, 0.5) is 0 Å². The van der Waals surface area contributed by atoms with Crippen LogP contribution in [0.2, 0.25) is 0 Å². The van der Waals surface area contributed by atoms with Gasteiger partial charge in [-0.1, -0.05) is 30.0 Å². The number of hydrogen-bond acceptors (Lipinski definition) is 4. The lowest BCUT2D eigenvalue weighted by molar-refractivity contribution is -0.120. The Kier molecular flexibility index (Phi) is 6.73. The van der Waals surface area contributed by atoms with Crippen LogP contribution in [0.1, 0.15) is 11.1 Å². The minimum Gasteiger partial charge on any atom is -0.495 e. The highest BCUT2D eigenvalue weighted by Gasteiger charge is 2.07. The molecule has 0 fully saturated rings. The van der Waals surface area contributed by atoms with Crippen molar-refractivity contribution in [1.82, 2.24) is 5.32 Å². The molecule has 130 valence electrons. The number of carbonyl (C=O) groups is 1. The van der Waals surface area contributed by atoms with Crippen molar-refractivity contribution in [3.8, 4) is 29.1 Å². The second-order valence-corrected chi connectivity index (χ2v) is 5.14. The molecule has 2 aromatic rings. The maximum atomic E-state index is 12.0. The quantitative estimate of drug-likeness (QED) is 0.821. The van der Waals surface area contributed by atoms with Crippen molar-refractivity contribution in [2.75, 3.05) is 27.9 Å². The Bertz CT molecular complexity index is 790. The average Bonchev–Trinajstić information content (AvgIpc) is 2.65. The van der Waals surface area contributed by atoms with Crippen molar-refractivity contribution in [2.45, 2.75) is 6.42 Å². The summed E-state index contributed by atoms with van der Waals surface area (Å²) in [7, 11) is 4.74. The van der Waals surface area contributed by atoms with Crippen LogP contribution in [-0.4, -0.2) is 33.8 Å². The van der Waals surface area contributed by atoms with E-state index < -0.39 is 0 Å². The number of carbonyl (C=O) groups excluding carboxylic acids is 1. The van der Waals surface area contributed by atoms with E-state index >= 15 is 0 Å². The summed E-state index contributed by atoms with van der Waals surface area (Å²) in [5.74, 6) is 7.76. The summed E-state index contributed by atoms with van der Waals surface area (Å²) in [5.41, 5.74) is 1.63. The van der Waals surface area contributed by atoms with E-state index in [1.54, 1.807) is 33.5 Å². The molecule has 1 N–H and O–H groups in total. The van der Waals surface area contributed by atoms with Crippen LogP contribution in [0.25, 0.3) is 0 Å². The summed E-state index contributed by atoms with van der Waals surface area (Å²) in [6.45, 7) is 0.268. The Labute approximate surface area is 147 Å². The van der Waals surface area contributed by atoms with Crippen LogP contribution >= 0.6 is 0 Å². The molecule has 0 saturated carbocycles. The number of ether oxygens (including phenoxy) is 3. The summed E-state index contributed by atoms with van der Waals surface area (Å²) in [5, 5.41) is 2.78. The molecule has 0 spiro atoms. The van der Waals surface area contributed by atoms with Crippen molar-refractivity contribution in [2.24, 2.45) is 0 Å². The highest BCUT2D eigenvalue weighted by molar-refractivity contribution is 5.79. The molecular formula is C20H21NO4. The van der Waals surface area contributed by atoms with Crippen LogP contribution in [0.15, 0.2) is 42.5 Å². The first-order chi connectivity index (χ1) is 12.2. The molecule has 25 heavy (non-hydrogen) atoms. The van der Waals surface area contributed by atoms with Gasteiger partial charge in [-0.2, -0.15) is 0 Å². The largest absolute Gasteiger partial charge is 0.495 e. The van der Waals surface area contributed by atoms with Gasteiger partial charge >= 0.3 is 0 Å². The molecule has 0 aliphatic rings. The number of rotatable bonds is 6. The highest BCUT2D eigenvalue weighted by Crippen LogP contribution is 2.27. The molecule has 0 aromatic heterocycles. The zero-order chi connectivity index (χ0) is 18.1. The number of methoxy groups -OCH3 is 3. The third-order valence-corrected chi connectivity index (χ3v) is 3.52. The van der Waals surface area contributed by atoms with E-state index in [-0.39, 0.29) is 18.9 Å². The minimum absolute atomic E-state index is 0.110. The third kappa shape index (κ3) is 5.18. The molecule has 5 heteroatoms. The Morgan fingerprint density at radius 2 is 1.68 bits per heavy atom. The topological polar surface area (TPSA) is 56.8 Å². The summed E-state index contributed by atoms with van der Waals surface area (Å²) in [6, 6.07) is 12.9. The number of amides is 1. The molecule has 5 nitrogen and oxygen atoms in total. The fourth-order valence-electron chi connectivity index (χ4n) is 2.27. The number of hydrogen-bond donors (Lipinski definition) is 1. The second kappa shape index (κ2) is 9.24. The minimum atomic E-state index is -0.110. The van der Waals surface area contributed by atoms with Gasteiger partial charge in [-0.3, -0.25) is 4.79 Å². The normalized spacial score (nSPS) is 9.56. The molecule has 0 unspecified atom stereocenters. The number of nitrogens with one attached hydrogen (secondary N) is 1. The third-order valence-electron chi connectivity index (χ3n) is 3.52. The Morgan fingerprint density at radius 3 is 2.40 bits per heavy atom. The van der Waals surface area contributed by atoms with E-state index in [0.29, 0.717) is 17.2 Å². The first-order valence-electron chi connectivity index (χ1n) is 7.77. The maximum absolute atomic E-state index is 12.0. The highest BCUT2D eigenvalue weighted by atomic mass is 16.5. The first-order valence-corrected chi connectivity index (χ1v) is 7.77. The van der Waals surface area contributed by atoms with Crippen LogP contribution in [0, 0.1) is 11.8 Å². The molecule has 0 aliphatic carbocycles. The lowest BCUT2D eigenvalue weighted by Gasteiger charge is -2.09. The molecule has 1 amide bonds. The van der Waals surface area contributed by atoms with E-state index in [1.165, 1.54) is 0 Å². The van der Waals surface area contributed by atoms with Gasteiger partial charge in [0.25, 0.3) is 0 Å². The van der Waals surface area contributed by atoms with Gasteiger partial charge in [-0.15, -0.1) is 0 Å². The van der Waals surface area contributed by atoms with Crippen molar-refractivity contribution in [3.63, 3.8) is 0 Å². The van der Waals surface area contributed by atoms with E-state index in [9.17, 15) is 4.79 Å². The lowest BCUT2D eigenvalue weighted by atomic mass is 10.1. The fraction of sp³-hybridized carbons (Fsp3) is 0.250. The molecule has 0 aliphatic heterocycles. The van der Waals surface area contributed by atoms with E-state index in [1.807, 2.05) is 30.3 Å². The van der Waals surface area contributed by atoms with Gasteiger partial charge in [0.05, 0.1) is 39.9 Å². The number of benzene rings is 2. The van der Waals surface area contributed by atoms with Gasteiger partial charge in [0, 0.05) is 0 Å². The zero-order valence-corrected chi connectivity index (χ0v) is 14.6. The maximum Gasteiger partial charge on any atom is 0.225 e. The zero-order valence-electron chi connectivity index (χ0n) is 14.6. The van der Waals surface area contributed by atoms with Gasteiger partial charge < -0.3 is 19.5 Å². The molecule has 2 rings (SSSR count). The van der Waals surface area contributed by atoms with Crippen molar-refractivity contribution in [1.29, 1.82) is 0 Å². The Hall–Kier alpha value is -3.13. The molecular weight excluding hydrogens is 318 g/mol. The van der Waals surface area contributed by atoms with Gasteiger partial charge in [0.2, 0.25) is 5.91 Å². The molecule has 0 saturated heterocycles. The predicted molar refractivity (Wildman–Crippen MR) is 96.1 cm³/mol. The lowest BCUT2D eigenvalue weighted by Crippen LogP contribution is -2.25. The SMILES string of the molecule is COc1ccccc1C#CCNC(=O)Cc1ccc(OC)c(OC)c1. The summed E-state index contributed by atoms with van der Waals surface area (Å²) in [6.07, 6.45) is 0.247. The summed E-state index contributed by atoms with van der Waals surface area (Å²) < 4.78 is 15.7. The number of para-hydroxylation sites is 1. The van der Waals surface area contributed by atoms with E-state index in [0.717, 1.165) is 11.1 Å². The van der Waals surface area contributed by atoms with Crippen LogP contribution in [0.5, 0.6) is 17.2 Å². The van der Waals surface area contributed by atoms with Crippen molar-refractivity contribution in [3.05, 3.63) is 53.6 Å². The van der Waals surface area contributed by atoms with Crippen LogP contribution in [-0.2, 0) is 11.2 Å². The molecule has 0 radical (unpaired) electrons. The van der Waals surface area contributed by atoms with E-state index in [4.69, 9.17) is 14.2 Å². The molecule has 0 bridgehead atoms. The average molecular weight is 339 g/mol. The first kappa shape index (κ1) is 18.2. The molecule has 2 aromatic carbocycles. The van der Waals surface area contributed by atoms with Crippen LogP contribution in [0.3, 0.4) is 0 Å².